The number of anilines is 1. The molecule has 1 heterocycles. The summed E-state index contributed by atoms with van der Waals surface area (Å²) in [6.07, 6.45) is 0.125. The summed E-state index contributed by atoms with van der Waals surface area (Å²) in [7, 11) is 4.63. The van der Waals surface area contributed by atoms with E-state index in [1.165, 1.54) is 14.2 Å². The molecule has 0 saturated carbocycles. The largest absolute Gasteiger partial charge is 0.497 e. The minimum atomic E-state index is -0.444. The van der Waals surface area contributed by atoms with Crippen LogP contribution in [0, 0.1) is 11.3 Å². The molecule has 8 nitrogen and oxygen atoms in total. The van der Waals surface area contributed by atoms with Gasteiger partial charge in [0.1, 0.15) is 5.75 Å². The third-order valence-electron chi connectivity index (χ3n) is 4.89. The highest BCUT2D eigenvalue weighted by atomic mass is 32.2. The van der Waals surface area contributed by atoms with Crippen LogP contribution in [0.4, 0.5) is 5.69 Å². The van der Waals surface area contributed by atoms with Gasteiger partial charge in [-0.3, -0.25) is 9.59 Å². The normalized spacial score (nSPS) is 15.4. The molecule has 0 fully saturated rings. The number of carbonyl (C=O) groups excluding carboxylic acids is 2. The first-order chi connectivity index (χ1) is 15.5. The molecule has 0 unspecified atom stereocenters. The number of benzene rings is 2. The summed E-state index contributed by atoms with van der Waals surface area (Å²) in [5.41, 5.74) is 1.79. The fourth-order valence-electron chi connectivity index (χ4n) is 3.30. The van der Waals surface area contributed by atoms with Gasteiger partial charge in [0.2, 0.25) is 11.8 Å². The second kappa shape index (κ2) is 10.6. The van der Waals surface area contributed by atoms with Gasteiger partial charge in [0.25, 0.3) is 0 Å². The second-order valence-electron chi connectivity index (χ2n) is 6.84. The van der Waals surface area contributed by atoms with Crippen molar-refractivity contribution >= 4 is 29.3 Å². The fraction of sp³-hybridized carbons (Fsp3) is 0.261. The number of methoxy groups -OCH3 is 3. The molecular formula is C23H23N3O5S. The van der Waals surface area contributed by atoms with E-state index in [-0.39, 0.29) is 24.0 Å². The standard InChI is InChI=1S/C23H23N3O5S/c1-29-16-7-5-15(6-8-16)25-22(28)13-32-23-18(12-24)17(11-21(27)26-23)14-4-9-19(30-2)20(10-14)31-3/h4-10,17H,11,13H2,1-3H3,(H,25,28)(H,26,27)/t17-/m0/s1. The molecule has 1 aliphatic rings. The highest BCUT2D eigenvalue weighted by Crippen LogP contribution is 2.39. The maximum atomic E-state index is 12.4. The summed E-state index contributed by atoms with van der Waals surface area (Å²) in [4.78, 5) is 24.7. The number of nitrogens with zero attached hydrogens (tertiary/aromatic N) is 1. The molecule has 2 aromatic rings. The van der Waals surface area contributed by atoms with Crippen molar-refractivity contribution in [3.63, 3.8) is 0 Å². The number of nitrogens with one attached hydrogen (secondary N) is 2. The summed E-state index contributed by atoms with van der Waals surface area (Å²) >= 11 is 1.12. The molecule has 2 amide bonds. The first-order valence-electron chi connectivity index (χ1n) is 9.71. The van der Waals surface area contributed by atoms with E-state index in [0.29, 0.717) is 33.5 Å². The molecule has 2 N–H and O–H groups in total. The molecule has 3 rings (SSSR count). The lowest BCUT2D eigenvalue weighted by Crippen LogP contribution is -2.31. The Balaban J connectivity index is 1.76. The summed E-state index contributed by atoms with van der Waals surface area (Å²) < 4.78 is 15.7. The number of rotatable bonds is 8. The molecule has 32 heavy (non-hydrogen) atoms. The van der Waals surface area contributed by atoms with Crippen LogP contribution in [0.15, 0.2) is 53.1 Å². The van der Waals surface area contributed by atoms with Crippen LogP contribution in [0.3, 0.4) is 0 Å². The Morgan fingerprint density at radius 1 is 1.12 bits per heavy atom. The van der Waals surface area contributed by atoms with Crippen LogP contribution in [0.2, 0.25) is 0 Å². The summed E-state index contributed by atoms with van der Waals surface area (Å²) in [6.45, 7) is 0. The zero-order valence-electron chi connectivity index (χ0n) is 17.9. The van der Waals surface area contributed by atoms with E-state index < -0.39 is 5.92 Å². The average molecular weight is 454 g/mol. The molecule has 0 aliphatic carbocycles. The maximum Gasteiger partial charge on any atom is 0.234 e. The van der Waals surface area contributed by atoms with E-state index in [1.54, 1.807) is 49.6 Å². The fourth-order valence-corrected chi connectivity index (χ4v) is 4.17. The number of carbonyl (C=O) groups is 2. The molecular weight excluding hydrogens is 430 g/mol. The van der Waals surface area contributed by atoms with Gasteiger partial charge in [-0.2, -0.15) is 5.26 Å². The summed E-state index contributed by atoms with van der Waals surface area (Å²) in [5, 5.41) is 15.7. The lowest BCUT2D eigenvalue weighted by Gasteiger charge is -2.25. The monoisotopic (exact) mass is 453 g/mol. The Morgan fingerprint density at radius 3 is 2.47 bits per heavy atom. The van der Waals surface area contributed by atoms with Crippen LogP contribution in [-0.2, 0) is 9.59 Å². The molecule has 2 aromatic carbocycles. The van der Waals surface area contributed by atoms with Gasteiger partial charge in [-0.05, 0) is 42.0 Å². The molecule has 0 saturated heterocycles. The van der Waals surface area contributed by atoms with Crippen LogP contribution < -0.4 is 24.8 Å². The first-order valence-corrected chi connectivity index (χ1v) is 10.7. The SMILES string of the molecule is COc1ccc(NC(=O)CSC2=C(C#N)[C@H](c3ccc(OC)c(OC)c3)CC(=O)N2)cc1. The molecule has 9 heteroatoms. The van der Waals surface area contributed by atoms with Crippen molar-refractivity contribution in [2.75, 3.05) is 32.4 Å². The lowest BCUT2D eigenvalue weighted by molar-refractivity contribution is -0.121. The summed E-state index contributed by atoms with van der Waals surface area (Å²) in [5.74, 6) is 0.873. The zero-order chi connectivity index (χ0) is 23.1. The Bertz CT molecular complexity index is 1080. The number of amides is 2. The van der Waals surface area contributed by atoms with E-state index >= 15 is 0 Å². The lowest BCUT2D eigenvalue weighted by atomic mass is 9.87. The number of nitriles is 1. The third kappa shape index (κ3) is 5.34. The van der Waals surface area contributed by atoms with Gasteiger partial charge in [0.05, 0.1) is 43.8 Å². The maximum absolute atomic E-state index is 12.4. The second-order valence-corrected chi connectivity index (χ2v) is 7.82. The highest BCUT2D eigenvalue weighted by molar-refractivity contribution is 8.03. The molecule has 0 aromatic heterocycles. The zero-order valence-corrected chi connectivity index (χ0v) is 18.7. The van der Waals surface area contributed by atoms with Crippen LogP contribution >= 0.6 is 11.8 Å². The van der Waals surface area contributed by atoms with Gasteiger partial charge in [-0.25, -0.2) is 0 Å². The van der Waals surface area contributed by atoms with Crippen molar-refractivity contribution in [1.29, 1.82) is 5.26 Å². The van der Waals surface area contributed by atoms with E-state index in [4.69, 9.17) is 14.2 Å². The van der Waals surface area contributed by atoms with Crippen molar-refractivity contribution in [1.82, 2.24) is 5.32 Å². The van der Waals surface area contributed by atoms with Gasteiger partial charge in [-0.15, -0.1) is 0 Å². The van der Waals surface area contributed by atoms with Crippen molar-refractivity contribution in [2.45, 2.75) is 12.3 Å². The van der Waals surface area contributed by atoms with Crippen LogP contribution in [0.5, 0.6) is 17.2 Å². The van der Waals surface area contributed by atoms with Crippen molar-refractivity contribution in [3.05, 3.63) is 58.6 Å². The number of allylic oxidation sites excluding steroid dienone is 1. The number of ether oxygens (including phenoxy) is 3. The third-order valence-corrected chi connectivity index (χ3v) is 5.90. The summed E-state index contributed by atoms with van der Waals surface area (Å²) in [6, 6.07) is 14.5. The van der Waals surface area contributed by atoms with Crippen molar-refractivity contribution < 1.29 is 23.8 Å². The van der Waals surface area contributed by atoms with Crippen molar-refractivity contribution in [3.8, 4) is 23.3 Å². The van der Waals surface area contributed by atoms with Gasteiger partial charge in [0, 0.05) is 18.0 Å². The molecule has 0 radical (unpaired) electrons. The predicted molar refractivity (Wildman–Crippen MR) is 122 cm³/mol. The minimum Gasteiger partial charge on any atom is -0.497 e. The van der Waals surface area contributed by atoms with Gasteiger partial charge >= 0.3 is 0 Å². The van der Waals surface area contributed by atoms with Crippen LogP contribution in [0.1, 0.15) is 17.9 Å². The quantitative estimate of drug-likeness (QED) is 0.630. The number of hydrogen-bond acceptors (Lipinski definition) is 7. The molecule has 0 spiro atoms. The van der Waals surface area contributed by atoms with E-state index in [9.17, 15) is 14.9 Å². The predicted octanol–water partition coefficient (Wildman–Crippen LogP) is 3.42. The van der Waals surface area contributed by atoms with E-state index in [1.807, 2.05) is 0 Å². The smallest absolute Gasteiger partial charge is 0.234 e. The molecule has 1 atom stereocenters. The Hall–Kier alpha value is -3.64. The number of thioether (sulfide) groups is 1. The average Bonchev–Trinajstić information content (AvgIpc) is 2.82. The van der Waals surface area contributed by atoms with Gasteiger partial charge < -0.3 is 24.8 Å². The van der Waals surface area contributed by atoms with E-state index in [2.05, 4.69) is 16.7 Å². The van der Waals surface area contributed by atoms with Gasteiger partial charge in [0.15, 0.2) is 11.5 Å². The van der Waals surface area contributed by atoms with E-state index in [0.717, 1.165) is 17.3 Å². The highest BCUT2D eigenvalue weighted by Gasteiger charge is 2.30. The number of hydrogen-bond donors (Lipinski definition) is 2. The first kappa shape index (κ1) is 23.0. The van der Waals surface area contributed by atoms with Crippen LogP contribution in [-0.4, -0.2) is 38.9 Å². The Morgan fingerprint density at radius 2 is 1.84 bits per heavy atom. The van der Waals surface area contributed by atoms with Crippen molar-refractivity contribution in [2.24, 2.45) is 0 Å². The molecule has 0 bridgehead atoms. The van der Waals surface area contributed by atoms with Crippen LogP contribution in [0.25, 0.3) is 0 Å². The minimum absolute atomic E-state index is 0.0332. The molecule has 166 valence electrons. The van der Waals surface area contributed by atoms with Gasteiger partial charge in [-0.1, -0.05) is 17.8 Å². The molecule has 1 aliphatic heterocycles. The Labute approximate surface area is 190 Å². The topological polar surface area (TPSA) is 110 Å². The Kier molecular flexibility index (Phi) is 7.63.